The van der Waals surface area contributed by atoms with Crippen LogP contribution in [0, 0.1) is 10.8 Å². The first-order chi connectivity index (χ1) is 7.70. The molecule has 4 aliphatic rings. The molecule has 3 saturated carbocycles. The van der Waals surface area contributed by atoms with Gasteiger partial charge in [0.05, 0.1) is 0 Å². The second kappa shape index (κ2) is 3.31. The van der Waals surface area contributed by atoms with Gasteiger partial charge >= 0.3 is 0 Å². The highest BCUT2D eigenvalue weighted by atomic mass is 16.2. The average Bonchev–Trinajstić information content (AvgIpc) is 2.29. The maximum Gasteiger partial charge on any atom is 0.228 e. The monoisotopic (exact) mass is 221 g/mol. The SMILES string of the molecule is O=CC12CCC(C(=O)N3CCC3)(CC1)CC2. The van der Waals surface area contributed by atoms with Crippen LogP contribution in [0.5, 0.6) is 0 Å². The molecule has 0 atom stereocenters. The summed E-state index contributed by atoms with van der Waals surface area (Å²) < 4.78 is 0. The third kappa shape index (κ3) is 1.26. The third-order valence-corrected chi connectivity index (χ3v) is 5.15. The van der Waals surface area contributed by atoms with Gasteiger partial charge in [-0.2, -0.15) is 0 Å². The smallest absolute Gasteiger partial charge is 0.228 e. The zero-order valence-electron chi connectivity index (χ0n) is 9.71. The zero-order chi connectivity index (χ0) is 11.2. The van der Waals surface area contributed by atoms with Crippen molar-refractivity contribution in [3.8, 4) is 0 Å². The van der Waals surface area contributed by atoms with E-state index in [2.05, 4.69) is 0 Å². The summed E-state index contributed by atoms with van der Waals surface area (Å²) in [7, 11) is 0. The number of rotatable bonds is 2. The van der Waals surface area contributed by atoms with Crippen molar-refractivity contribution >= 4 is 12.2 Å². The van der Waals surface area contributed by atoms with Crippen LogP contribution in [-0.4, -0.2) is 30.2 Å². The molecule has 1 amide bonds. The van der Waals surface area contributed by atoms with Crippen molar-refractivity contribution in [2.45, 2.75) is 44.9 Å². The van der Waals surface area contributed by atoms with Crippen LogP contribution in [0.4, 0.5) is 0 Å². The summed E-state index contributed by atoms with van der Waals surface area (Å²) in [4.78, 5) is 25.5. The minimum absolute atomic E-state index is 0.0586. The summed E-state index contributed by atoms with van der Waals surface area (Å²) in [5, 5.41) is 0. The summed E-state index contributed by atoms with van der Waals surface area (Å²) >= 11 is 0. The van der Waals surface area contributed by atoms with Gasteiger partial charge in [-0.05, 0) is 44.9 Å². The van der Waals surface area contributed by atoms with Crippen LogP contribution in [0.1, 0.15) is 44.9 Å². The molecule has 0 spiro atoms. The minimum atomic E-state index is -0.0782. The molecular weight excluding hydrogens is 202 g/mol. The van der Waals surface area contributed by atoms with Crippen LogP contribution in [0.2, 0.25) is 0 Å². The lowest BCUT2D eigenvalue weighted by atomic mass is 9.53. The molecule has 0 unspecified atom stereocenters. The molecule has 0 aromatic heterocycles. The maximum absolute atomic E-state index is 12.4. The van der Waals surface area contributed by atoms with Gasteiger partial charge in [0.1, 0.15) is 6.29 Å². The van der Waals surface area contributed by atoms with Gasteiger partial charge in [-0.3, -0.25) is 4.79 Å². The first-order valence-electron chi connectivity index (χ1n) is 6.46. The van der Waals surface area contributed by atoms with E-state index >= 15 is 0 Å². The van der Waals surface area contributed by atoms with Gasteiger partial charge < -0.3 is 9.69 Å². The second-order valence-electron chi connectivity index (χ2n) is 5.91. The van der Waals surface area contributed by atoms with E-state index in [9.17, 15) is 9.59 Å². The Balaban J connectivity index is 1.76. The Kier molecular flexibility index (Phi) is 2.13. The Labute approximate surface area is 96.2 Å². The molecule has 1 saturated heterocycles. The van der Waals surface area contributed by atoms with Crippen LogP contribution in [-0.2, 0) is 9.59 Å². The Morgan fingerprint density at radius 1 is 1.00 bits per heavy atom. The number of hydrogen-bond donors (Lipinski definition) is 0. The summed E-state index contributed by atoms with van der Waals surface area (Å²) in [5.74, 6) is 0.387. The van der Waals surface area contributed by atoms with Crippen LogP contribution in [0.15, 0.2) is 0 Å². The summed E-state index contributed by atoms with van der Waals surface area (Å²) in [6.45, 7) is 1.92. The number of aldehydes is 1. The molecule has 0 N–H and O–H groups in total. The molecule has 4 fully saturated rings. The van der Waals surface area contributed by atoms with Crippen molar-refractivity contribution in [1.82, 2.24) is 4.90 Å². The molecule has 88 valence electrons. The van der Waals surface area contributed by atoms with Crippen molar-refractivity contribution in [2.24, 2.45) is 10.8 Å². The average molecular weight is 221 g/mol. The van der Waals surface area contributed by atoms with E-state index in [4.69, 9.17) is 0 Å². The lowest BCUT2D eigenvalue weighted by Gasteiger charge is -2.52. The number of carbonyl (C=O) groups excluding carboxylic acids is 2. The molecule has 2 bridgehead atoms. The standard InChI is InChI=1S/C13H19NO2/c15-10-12-2-5-13(6-3-12,7-4-12)11(16)14-8-1-9-14/h10H,1-9H2. The Morgan fingerprint density at radius 3 is 1.94 bits per heavy atom. The molecule has 0 radical (unpaired) electrons. The molecule has 3 heteroatoms. The Morgan fingerprint density at radius 2 is 1.56 bits per heavy atom. The van der Waals surface area contributed by atoms with E-state index in [1.54, 1.807) is 0 Å². The number of nitrogens with zero attached hydrogens (tertiary/aromatic N) is 1. The van der Waals surface area contributed by atoms with Crippen LogP contribution < -0.4 is 0 Å². The molecule has 3 aliphatic carbocycles. The first-order valence-corrected chi connectivity index (χ1v) is 6.46. The molecule has 4 rings (SSSR count). The summed E-state index contributed by atoms with van der Waals surface area (Å²) in [6.07, 6.45) is 7.98. The Bertz CT molecular complexity index is 308. The molecule has 1 heterocycles. The number of hydrogen-bond acceptors (Lipinski definition) is 2. The van der Waals surface area contributed by atoms with Gasteiger partial charge in [-0.25, -0.2) is 0 Å². The summed E-state index contributed by atoms with van der Waals surface area (Å²) in [6, 6.07) is 0. The molecule has 3 nitrogen and oxygen atoms in total. The fourth-order valence-corrected chi connectivity index (χ4v) is 3.57. The highest BCUT2D eigenvalue weighted by Crippen LogP contribution is 2.56. The van der Waals surface area contributed by atoms with Crippen molar-refractivity contribution in [2.75, 3.05) is 13.1 Å². The van der Waals surface area contributed by atoms with Gasteiger partial charge in [0.2, 0.25) is 5.91 Å². The predicted octanol–water partition coefficient (Wildman–Crippen LogP) is 1.76. The topological polar surface area (TPSA) is 37.4 Å². The number of carbonyl (C=O) groups is 2. The maximum atomic E-state index is 12.4. The van der Waals surface area contributed by atoms with Gasteiger partial charge in [0.25, 0.3) is 0 Å². The molecule has 0 aromatic rings. The van der Waals surface area contributed by atoms with Crippen LogP contribution in [0.25, 0.3) is 0 Å². The van der Waals surface area contributed by atoms with Gasteiger partial charge in [-0.15, -0.1) is 0 Å². The lowest BCUT2D eigenvalue weighted by Crippen LogP contribution is -2.55. The van der Waals surface area contributed by atoms with Crippen molar-refractivity contribution < 1.29 is 9.59 Å². The number of likely N-dealkylation sites (tertiary alicyclic amines) is 1. The molecule has 1 aliphatic heterocycles. The quantitative estimate of drug-likeness (QED) is 0.666. The van der Waals surface area contributed by atoms with Crippen molar-refractivity contribution in [3.63, 3.8) is 0 Å². The zero-order valence-corrected chi connectivity index (χ0v) is 9.71. The fourth-order valence-electron chi connectivity index (χ4n) is 3.57. The second-order valence-corrected chi connectivity index (χ2v) is 5.91. The van der Waals surface area contributed by atoms with Crippen LogP contribution in [0.3, 0.4) is 0 Å². The number of fused-ring (bicyclic) bond motifs is 3. The van der Waals surface area contributed by atoms with E-state index < -0.39 is 0 Å². The number of amides is 1. The van der Waals surface area contributed by atoms with E-state index in [1.165, 1.54) is 6.42 Å². The summed E-state index contributed by atoms with van der Waals surface area (Å²) in [5.41, 5.74) is -0.137. The van der Waals surface area contributed by atoms with E-state index in [1.807, 2.05) is 4.90 Å². The minimum Gasteiger partial charge on any atom is -0.342 e. The van der Waals surface area contributed by atoms with Crippen LogP contribution >= 0.6 is 0 Å². The van der Waals surface area contributed by atoms with Gasteiger partial charge in [0, 0.05) is 23.9 Å². The van der Waals surface area contributed by atoms with E-state index in [0.717, 1.165) is 57.9 Å². The fraction of sp³-hybridized carbons (Fsp3) is 0.846. The Hall–Kier alpha value is -0.860. The van der Waals surface area contributed by atoms with Crippen molar-refractivity contribution in [1.29, 1.82) is 0 Å². The van der Waals surface area contributed by atoms with Gasteiger partial charge in [-0.1, -0.05) is 0 Å². The van der Waals surface area contributed by atoms with Gasteiger partial charge in [0.15, 0.2) is 0 Å². The molecule has 0 aromatic carbocycles. The predicted molar refractivity (Wildman–Crippen MR) is 59.8 cm³/mol. The normalized spacial score (nSPS) is 41.6. The van der Waals surface area contributed by atoms with E-state index in [0.29, 0.717) is 5.91 Å². The van der Waals surface area contributed by atoms with Crippen molar-refractivity contribution in [3.05, 3.63) is 0 Å². The first kappa shape index (κ1) is 10.3. The third-order valence-electron chi connectivity index (χ3n) is 5.15. The molecular formula is C13H19NO2. The van der Waals surface area contributed by atoms with E-state index in [-0.39, 0.29) is 10.8 Å². The lowest BCUT2D eigenvalue weighted by molar-refractivity contribution is -0.157. The highest BCUT2D eigenvalue weighted by molar-refractivity contribution is 5.84. The molecule has 16 heavy (non-hydrogen) atoms. The highest BCUT2D eigenvalue weighted by Gasteiger charge is 2.53. The largest absolute Gasteiger partial charge is 0.342 e.